The van der Waals surface area contributed by atoms with Crippen molar-refractivity contribution in [2.24, 2.45) is 13.0 Å². The third kappa shape index (κ3) is 3.49. The van der Waals surface area contributed by atoms with E-state index in [0.717, 1.165) is 50.7 Å². The van der Waals surface area contributed by atoms with Gasteiger partial charge in [-0.3, -0.25) is 0 Å². The summed E-state index contributed by atoms with van der Waals surface area (Å²) < 4.78 is 8.76. The Bertz CT molecular complexity index is 1540. The molecule has 0 bridgehead atoms. The molecule has 3 aromatic carbocycles. The second-order valence-corrected chi connectivity index (χ2v) is 9.17. The fourth-order valence-electron chi connectivity index (χ4n) is 4.85. The van der Waals surface area contributed by atoms with Gasteiger partial charge >= 0.3 is 0 Å². The van der Waals surface area contributed by atoms with Crippen molar-refractivity contribution >= 4 is 21.9 Å². The molecule has 2 aromatic heterocycles. The molecule has 0 saturated heterocycles. The summed E-state index contributed by atoms with van der Waals surface area (Å²) in [5.74, 6) is 0.478. The summed E-state index contributed by atoms with van der Waals surface area (Å²) in [5.41, 5.74) is 8.64. The van der Waals surface area contributed by atoms with E-state index in [1.807, 2.05) is 24.3 Å². The van der Waals surface area contributed by atoms with E-state index in [1.165, 1.54) is 5.56 Å². The molecule has 0 atom stereocenters. The van der Waals surface area contributed by atoms with Crippen molar-refractivity contribution in [3.05, 3.63) is 89.6 Å². The molecule has 0 saturated carbocycles. The van der Waals surface area contributed by atoms with Crippen LogP contribution in [0, 0.1) is 24.2 Å². The lowest BCUT2D eigenvalue weighted by atomic mass is 9.90. The second kappa shape index (κ2) is 8.22. The van der Waals surface area contributed by atoms with Gasteiger partial charge in [-0.1, -0.05) is 56.3 Å². The number of aromatic nitrogens is 1. The van der Waals surface area contributed by atoms with E-state index < -0.39 is 0 Å². The normalized spacial score (nSPS) is 11.4. The molecule has 0 unspecified atom stereocenters. The van der Waals surface area contributed by atoms with Gasteiger partial charge in [-0.15, -0.1) is 0 Å². The predicted octanol–water partition coefficient (Wildman–Crippen LogP) is 7.12. The zero-order chi connectivity index (χ0) is 23.1. The molecule has 5 aromatic rings. The first kappa shape index (κ1) is 21.0. The van der Waals surface area contributed by atoms with Crippen LogP contribution in [0.5, 0.6) is 0 Å². The summed E-state index contributed by atoms with van der Waals surface area (Å²) in [7, 11) is 2.05. The van der Waals surface area contributed by atoms with E-state index in [2.05, 4.69) is 87.1 Å². The van der Waals surface area contributed by atoms with Crippen LogP contribution in [0.3, 0.4) is 0 Å². The third-order valence-electron chi connectivity index (χ3n) is 6.34. The maximum absolute atomic E-state index is 10.2. The van der Waals surface area contributed by atoms with Crippen LogP contribution >= 0.6 is 0 Å². The quantitative estimate of drug-likeness (QED) is 0.284. The number of pyridine rings is 1. The van der Waals surface area contributed by atoms with Crippen LogP contribution in [0.2, 0.25) is 0 Å². The fourth-order valence-corrected chi connectivity index (χ4v) is 4.85. The molecule has 0 radical (unpaired) electrons. The Morgan fingerprint density at radius 1 is 0.970 bits per heavy atom. The highest BCUT2D eigenvalue weighted by Crippen LogP contribution is 2.42. The van der Waals surface area contributed by atoms with E-state index in [9.17, 15) is 5.26 Å². The minimum absolute atomic E-state index is 0.478. The molecule has 0 aliphatic heterocycles. The van der Waals surface area contributed by atoms with Crippen molar-refractivity contribution in [2.45, 2.75) is 27.2 Å². The minimum Gasteiger partial charge on any atom is -0.454 e. The summed E-state index contributed by atoms with van der Waals surface area (Å²) in [5, 5.41) is 12.4. The molecule has 5 rings (SSSR count). The highest BCUT2D eigenvalue weighted by Gasteiger charge is 2.25. The van der Waals surface area contributed by atoms with E-state index in [-0.39, 0.29) is 0 Å². The Morgan fingerprint density at radius 3 is 2.42 bits per heavy atom. The second-order valence-electron chi connectivity index (χ2n) is 9.17. The zero-order valence-electron chi connectivity index (χ0n) is 19.5. The third-order valence-corrected chi connectivity index (χ3v) is 6.34. The van der Waals surface area contributed by atoms with E-state index in [4.69, 9.17) is 4.42 Å². The molecule has 33 heavy (non-hydrogen) atoms. The van der Waals surface area contributed by atoms with E-state index >= 15 is 0 Å². The molecular weight excluding hydrogens is 404 g/mol. The molecule has 0 N–H and O–H groups in total. The van der Waals surface area contributed by atoms with Gasteiger partial charge in [-0.05, 0) is 48.1 Å². The fraction of sp³-hybridized carbons (Fsp3) is 0.200. The molecular formula is C30H27N2O+. The molecule has 0 aliphatic rings. The minimum atomic E-state index is 0.478. The first-order valence-electron chi connectivity index (χ1n) is 11.4. The first-order valence-corrected chi connectivity index (χ1v) is 11.4. The number of hydrogen-bond donors (Lipinski definition) is 0. The van der Waals surface area contributed by atoms with Crippen molar-refractivity contribution < 1.29 is 8.98 Å². The van der Waals surface area contributed by atoms with Crippen molar-refractivity contribution in [3.63, 3.8) is 0 Å². The average molecular weight is 432 g/mol. The zero-order valence-corrected chi connectivity index (χ0v) is 19.5. The number of nitriles is 1. The Kier molecular flexibility index (Phi) is 5.23. The van der Waals surface area contributed by atoms with Crippen LogP contribution in [0.1, 0.15) is 30.5 Å². The lowest BCUT2D eigenvalue weighted by molar-refractivity contribution is -0.660. The van der Waals surface area contributed by atoms with Crippen molar-refractivity contribution in [1.82, 2.24) is 0 Å². The SMILES string of the molecule is Cc1ccc2c(oc3c(C#N)c(-c4ccccc4)cc(CC(C)C)c32)c1-c1cccc[n+]1C. The maximum atomic E-state index is 10.2. The van der Waals surface area contributed by atoms with Gasteiger partial charge in [0, 0.05) is 28.5 Å². The van der Waals surface area contributed by atoms with Gasteiger partial charge in [0.25, 0.3) is 0 Å². The number of rotatable bonds is 4. The summed E-state index contributed by atoms with van der Waals surface area (Å²) in [4.78, 5) is 0. The molecule has 2 heterocycles. The number of furan rings is 1. The van der Waals surface area contributed by atoms with Gasteiger partial charge in [-0.25, -0.2) is 4.57 Å². The largest absolute Gasteiger partial charge is 0.454 e. The lowest BCUT2D eigenvalue weighted by Gasteiger charge is -2.12. The van der Waals surface area contributed by atoms with Gasteiger partial charge in [0.15, 0.2) is 11.8 Å². The van der Waals surface area contributed by atoms with Gasteiger partial charge in [0.05, 0.1) is 5.56 Å². The number of aryl methyl sites for hydroxylation is 2. The van der Waals surface area contributed by atoms with Crippen molar-refractivity contribution in [3.8, 4) is 28.5 Å². The molecule has 162 valence electrons. The molecule has 0 amide bonds. The molecule has 3 nitrogen and oxygen atoms in total. The predicted molar refractivity (Wildman–Crippen MR) is 134 cm³/mol. The van der Waals surface area contributed by atoms with Gasteiger partial charge in [0.2, 0.25) is 5.69 Å². The molecule has 0 aliphatic carbocycles. The highest BCUT2D eigenvalue weighted by atomic mass is 16.3. The number of fused-ring (bicyclic) bond motifs is 3. The van der Waals surface area contributed by atoms with E-state index in [0.29, 0.717) is 17.1 Å². The first-order chi connectivity index (χ1) is 16.0. The van der Waals surface area contributed by atoms with Crippen LogP contribution in [0.15, 0.2) is 77.3 Å². The molecule has 0 fully saturated rings. The standard InChI is InChI=1S/C30H27N2O/c1-19(2)16-22-17-24(21-10-6-5-7-11-21)25(18-31)30-28(22)23-14-13-20(3)27(29(23)33-30)26-12-8-9-15-32(26)4/h5-15,17,19H,16H2,1-4H3/q+1. The van der Waals surface area contributed by atoms with Gasteiger partial charge in [-0.2, -0.15) is 5.26 Å². The Hall–Kier alpha value is -3.90. The summed E-state index contributed by atoms with van der Waals surface area (Å²) in [6.07, 6.45) is 2.97. The Labute approximate surface area is 194 Å². The van der Waals surface area contributed by atoms with Gasteiger partial charge in [0.1, 0.15) is 24.3 Å². The van der Waals surface area contributed by atoms with Crippen molar-refractivity contribution in [2.75, 3.05) is 0 Å². The summed E-state index contributed by atoms with van der Waals surface area (Å²) in [6.45, 7) is 6.58. The monoisotopic (exact) mass is 431 g/mol. The number of hydrogen-bond acceptors (Lipinski definition) is 2. The number of nitrogens with zero attached hydrogens (tertiary/aromatic N) is 2. The Morgan fingerprint density at radius 2 is 1.73 bits per heavy atom. The van der Waals surface area contributed by atoms with Gasteiger partial charge < -0.3 is 4.42 Å². The lowest BCUT2D eigenvalue weighted by Crippen LogP contribution is -2.30. The van der Waals surface area contributed by atoms with Crippen LogP contribution < -0.4 is 4.57 Å². The maximum Gasteiger partial charge on any atom is 0.216 e. The molecule has 0 spiro atoms. The summed E-state index contributed by atoms with van der Waals surface area (Å²) in [6, 6.07) is 25.3. The van der Waals surface area contributed by atoms with Crippen LogP contribution in [-0.4, -0.2) is 0 Å². The molecule has 3 heteroatoms. The van der Waals surface area contributed by atoms with Crippen LogP contribution in [-0.2, 0) is 13.5 Å². The summed E-state index contributed by atoms with van der Waals surface area (Å²) >= 11 is 0. The van der Waals surface area contributed by atoms with E-state index in [1.54, 1.807) is 0 Å². The average Bonchev–Trinajstić information content (AvgIpc) is 3.19. The van der Waals surface area contributed by atoms with Crippen molar-refractivity contribution in [1.29, 1.82) is 5.26 Å². The van der Waals surface area contributed by atoms with Crippen LogP contribution in [0.4, 0.5) is 0 Å². The Balaban J connectivity index is 1.94. The topological polar surface area (TPSA) is 40.8 Å². The smallest absolute Gasteiger partial charge is 0.216 e. The van der Waals surface area contributed by atoms with Crippen LogP contribution in [0.25, 0.3) is 44.3 Å². The highest BCUT2D eigenvalue weighted by molar-refractivity contribution is 6.13. The number of benzene rings is 3.